The van der Waals surface area contributed by atoms with E-state index in [1.807, 2.05) is 36.4 Å². The van der Waals surface area contributed by atoms with Crippen molar-refractivity contribution in [2.24, 2.45) is 0 Å². The van der Waals surface area contributed by atoms with Crippen LogP contribution in [0.1, 0.15) is 18.4 Å². The number of hydrogen-bond acceptors (Lipinski definition) is 6. The zero-order valence-corrected chi connectivity index (χ0v) is 19.1. The normalized spacial score (nSPS) is 14.9. The molecule has 7 heteroatoms. The zero-order valence-electron chi connectivity index (χ0n) is 16.7. The van der Waals surface area contributed by atoms with Crippen molar-refractivity contribution in [3.05, 3.63) is 52.5 Å². The van der Waals surface area contributed by atoms with E-state index in [9.17, 15) is 0 Å². The van der Waals surface area contributed by atoms with Gasteiger partial charge >= 0.3 is 0 Å². The first-order valence-electron chi connectivity index (χ1n) is 9.81. The lowest BCUT2D eigenvalue weighted by Gasteiger charge is -2.33. The minimum absolute atomic E-state index is 0.478. The molecular weight excluding hydrogens is 448 g/mol. The fourth-order valence-electron chi connectivity index (χ4n) is 3.67. The van der Waals surface area contributed by atoms with Crippen LogP contribution in [-0.2, 0) is 5.75 Å². The SMILES string of the molecule is COc1ccc(Br)cc1CSc1nc2ccccc2nc1N(C)C1CCNCC1. The van der Waals surface area contributed by atoms with Gasteiger partial charge in [-0.2, -0.15) is 0 Å². The number of hydrogen-bond donors (Lipinski definition) is 1. The lowest BCUT2D eigenvalue weighted by Crippen LogP contribution is -2.41. The van der Waals surface area contributed by atoms with Gasteiger partial charge in [0.2, 0.25) is 0 Å². The van der Waals surface area contributed by atoms with Crippen molar-refractivity contribution in [2.45, 2.75) is 29.7 Å². The van der Waals surface area contributed by atoms with Crippen LogP contribution in [0.2, 0.25) is 0 Å². The van der Waals surface area contributed by atoms with E-state index < -0.39 is 0 Å². The summed E-state index contributed by atoms with van der Waals surface area (Å²) in [5.74, 6) is 2.63. The summed E-state index contributed by atoms with van der Waals surface area (Å²) >= 11 is 5.28. The summed E-state index contributed by atoms with van der Waals surface area (Å²) in [4.78, 5) is 12.3. The number of thioether (sulfide) groups is 1. The van der Waals surface area contributed by atoms with Crippen LogP contribution in [0.25, 0.3) is 11.0 Å². The minimum Gasteiger partial charge on any atom is -0.496 e. The lowest BCUT2D eigenvalue weighted by molar-refractivity contribution is 0.411. The van der Waals surface area contributed by atoms with Crippen molar-refractivity contribution < 1.29 is 4.74 Å². The van der Waals surface area contributed by atoms with Gasteiger partial charge in [0.15, 0.2) is 5.82 Å². The molecule has 152 valence electrons. The molecule has 0 spiro atoms. The van der Waals surface area contributed by atoms with Crippen LogP contribution in [-0.4, -0.2) is 43.3 Å². The number of rotatable bonds is 6. The molecule has 1 aromatic heterocycles. The second-order valence-electron chi connectivity index (χ2n) is 7.18. The molecule has 1 fully saturated rings. The first-order chi connectivity index (χ1) is 14.2. The Hall–Kier alpha value is -1.83. The molecule has 0 atom stereocenters. The molecule has 5 nitrogen and oxygen atoms in total. The molecule has 1 saturated heterocycles. The number of nitrogens with one attached hydrogen (secondary N) is 1. The van der Waals surface area contributed by atoms with Crippen LogP contribution < -0.4 is 15.0 Å². The number of anilines is 1. The summed E-state index contributed by atoms with van der Waals surface area (Å²) in [7, 11) is 3.86. The van der Waals surface area contributed by atoms with Crippen LogP contribution in [0.15, 0.2) is 52.0 Å². The summed E-state index contributed by atoms with van der Waals surface area (Å²) in [5, 5.41) is 4.41. The predicted octanol–water partition coefficient (Wildman–Crippen LogP) is 4.88. The highest BCUT2D eigenvalue weighted by atomic mass is 79.9. The van der Waals surface area contributed by atoms with Gasteiger partial charge in [0.1, 0.15) is 10.8 Å². The van der Waals surface area contributed by atoms with Crippen molar-refractivity contribution in [3.63, 3.8) is 0 Å². The van der Waals surface area contributed by atoms with Gasteiger partial charge in [0.05, 0.1) is 18.1 Å². The van der Waals surface area contributed by atoms with Crippen LogP contribution in [0.5, 0.6) is 5.75 Å². The number of nitrogens with zero attached hydrogens (tertiary/aromatic N) is 3. The molecule has 0 radical (unpaired) electrons. The van der Waals surface area contributed by atoms with E-state index >= 15 is 0 Å². The maximum Gasteiger partial charge on any atom is 0.161 e. The van der Waals surface area contributed by atoms with Gasteiger partial charge in [0.25, 0.3) is 0 Å². The van der Waals surface area contributed by atoms with E-state index in [1.165, 1.54) is 0 Å². The third-order valence-corrected chi connectivity index (χ3v) is 6.81. The molecule has 1 aliphatic heterocycles. The van der Waals surface area contributed by atoms with Crippen molar-refractivity contribution in [2.75, 3.05) is 32.1 Å². The summed E-state index contributed by atoms with van der Waals surface area (Å²) in [5.41, 5.74) is 3.00. The van der Waals surface area contributed by atoms with E-state index in [0.29, 0.717) is 6.04 Å². The van der Waals surface area contributed by atoms with Crippen LogP contribution in [0, 0.1) is 0 Å². The van der Waals surface area contributed by atoms with Crippen molar-refractivity contribution in [3.8, 4) is 5.75 Å². The number of aromatic nitrogens is 2. The second kappa shape index (κ2) is 9.32. The van der Waals surface area contributed by atoms with Gasteiger partial charge in [-0.3, -0.25) is 0 Å². The third-order valence-electron chi connectivity index (χ3n) is 5.32. The molecule has 0 aliphatic carbocycles. The molecule has 0 saturated carbocycles. The first-order valence-corrected chi connectivity index (χ1v) is 11.6. The molecule has 2 heterocycles. The van der Waals surface area contributed by atoms with Crippen molar-refractivity contribution in [1.82, 2.24) is 15.3 Å². The van der Waals surface area contributed by atoms with Crippen LogP contribution >= 0.6 is 27.7 Å². The summed E-state index contributed by atoms with van der Waals surface area (Å²) in [6.07, 6.45) is 2.24. The van der Waals surface area contributed by atoms with Crippen molar-refractivity contribution >= 4 is 44.5 Å². The Morgan fingerprint density at radius 2 is 1.86 bits per heavy atom. The molecule has 0 amide bonds. The Morgan fingerprint density at radius 3 is 2.59 bits per heavy atom. The van der Waals surface area contributed by atoms with Gasteiger partial charge in [-0.05, 0) is 56.3 Å². The Morgan fingerprint density at radius 1 is 1.14 bits per heavy atom. The highest BCUT2D eigenvalue weighted by Gasteiger charge is 2.23. The molecule has 3 aromatic rings. The van der Waals surface area contributed by atoms with Gasteiger partial charge in [0, 0.05) is 28.9 Å². The quantitative estimate of drug-likeness (QED) is 0.515. The molecule has 4 rings (SSSR count). The van der Waals surface area contributed by atoms with E-state index in [0.717, 1.165) is 69.3 Å². The minimum atomic E-state index is 0.478. The second-order valence-corrected chi connectivity index (χ2v) is 9.06. The number of methoxy groups -OCH3 is 1. The number of ether oxygens (including phenoxy) is 1. The van der Waals surface area contributed by atoms with E-state index in [1.54, 1.807) is 18.9 Å². The van der Waals surface area contributed by atoms with Crippen molar-refractivity contribution in [1.29, 1.82) is 0 Å². The number of piperidine rings is 1. The van der Waals surface area contributed by atoms with Gasteiger partial charge in [-0.25, -0.2) is 9.97 Å². The largest absolute Gasteiger partial charge is 0.496 e. The summed E-state index contributed by atoms with van der Waals surface area (Å²) in [6.45, 7) is 2.10. The Kier molecular flexibility index (Phi) is 6.57. The summed E-state index contributed by atoms with van der Waals surface area (Å²) < 4.78 is 6.59. The van der Waals surface area contributed by atoms with Crippen LogP contribution in [0.3, 0.4) is 0 Å². The van der Waals surface area contributed by atoms with E-state index in [-0.39, 0.29) is 0 Å². The average molecular weight is 473 g/mol. The maximum atomic E-state index is 5.54. The zero-order chi connectivity index (χ0) is 20.2. The molecule has 1 N–H and O–H groups in total. The number of fused-ring (bicyclic) bond motifs is 1. The summed E-state index contributed by atoms with van der Waals surface area (Å²) in [6, 6.07) is 14.7. The Bertz CT molecular complexity index is 994. The topological polar surface area (TPSA) is 50.3 Å². The average Bonchev–Trinajstić information content (AvgIpc) is 2.77. The molecule has 0 unspecified atom stereocenters. The van der Waals surface area contributed by atoms with Crippen LogP contribution in [0.4, 0.5) is 5.82 Å². The van der Waals surface area contributed by atoms with E-state index in [2.05, 4.69) is 39.3 Å². The fraction of sp³-hybridized carbons (Fsp3) is 0.364. The molecule has 0 bridgehead atoms. The fourth-order valence-corrected chi connectivity index (χ4v) is 5.08. The van der Waals surface area contributed by atoms with Gasteiger partial charge in [-0.1, -0.05) is 39.8 Å². The Balaban J connectivity index is 1.67. The van der Waals surface area contributed by atoms with Gasteiger partial charge < -0.3 is 15.0 Å². The van der Waals surface area contributed by atoms with Gasteiger partial charge in [-0.15, -0.1) is 0 Å². The number of para-hydroxylation sites is 2. The number of halogens is 1. The monoisotopic (exact) mass is 472 g/mol. The number of benzene rings is 2. The molecule has 2 aromatic carbocycles. The predicted molar refractivity (Wildman–Crippen MR) is 124 cm³/mol. The Labute approximate surface area is 184 Å². The smallest absolute Gasteiger partial charge is 0.161 e. The molecule has 1 aliphatic rings. The first kappa shape index (κ1) is 20.4. The lowest BCUT2D eigenvalue weighted by atomic mass is 10.1. The molecular formula is C22H25BrN4OS. The standard InChI is InChI=1S/C22H25BrN4OS/c1-27(17-9-11-24-12-10-17)21-22(26-19-6-4-3-5-18(19)25-21)29-14-15-13-16(23)7-8-20(15)28-2/h3-8,13,17,24H,9-12,14H2,1-2H3. The molecule has 29 heavy (non-hydrogen) atoms. The maximum absolute atomic E-state index is 5.54. The third kappa shape index (κ3) is 4.68. The highest BCUT2D eigenvalue weighted by Crippen LogP contribution is 2.35. The van der Waals surface area contributed by atoms with E-state index in [4.69, 9.17) is 14.7 Å². The highest BCUT2D eigenvalue weighted by molar-refractivity contribution is 9.10.